The highest BCUT2D eigenvalue weighted by Crippen LogP contribution is 2.28. The van der Waals surface area contributed by atoms with Crippen molar-refractivity contribution < 1.29 is 14.3 Å². The number of thioether (sulfide) groups is 1. The van der Waals surface area contributed by atoms with Gasteiger partial charge in [-0.1, -0.05) is 53.2 Å². The fourth-order valence-corrected chi connectivity index (χ4v) is 3.73. The lowest BCUT2D eigenvalue weighted by atomic mass is 10.1. The zero-order chi connectivity index (χ0) is 22.2. The molecule has 0 atom stereocenters. The Morgan fingerprint density at radius 2 is 1.81 bits per heavy atom. The average Bonchev–Trinajstić information content (AvgIpc) is 3.20. The highest BCUT2D eigenvalue weighted by molar-refractivity contribution is 7.99. The Morgan fingerprint density at radius 1 is 1.10 bits per heavy atom. The van der Waals surface area contributed by atoms with Crippen LogP contribution in [0.3, 0.4) is 0 Å². The van der Waals surface area contributed by atoms with Crippen LogP contribution < -0.4 is 5.32 Å². The normalized spacial score (nSPS) is 10.7. The van der Waals surface area contributed by atoms with E-state index >= 15 is 0 Å². The molecule has 0 aliphatic rings. The van der Waals surface area contributed by atoms with Crippen LogP contribution >= 0.6 is 23.4 Å². The minimum atomic E-state index is -0.289. The third-order valence-electron chi connectivity index (χ3n) is 4.47. The summed E-state index contributed by atoms with van der Waals surface area (Å²) in [5.41, 5.74) is 2.93. The number of aryl methyl sites for hydroxylation is 1. The van der Waals surface area contributed by atoms with Gasteiger partial charge in [-0.05, 0) is 37.6 Å². The van der Waals surface area contributed by atoms with E-state index in [9.17, 15) is 9.59 Å². The number of carbonyl (C=O) groups excluding carboxylic acids is 2. The number of hydrogen-bond acceptors (Lipinski definition) is 6. The summed E-state index contributed by atoms with van der Waals surface area (Å²) in [7, 11) is 1.35. The molecule has 9 heteroatoms. The van der Waals surface area contributed by atoms with Gasteiger partial charge in [0.2, 0.25) is 5.91 Å². The van der Waals surface area contributed by atoms with Crippen LogP contribution in [-0.4, -0.2) is 46.0 Å². The second-order valence-electron chi connectivity index (χ2n) is 6.80. The van der Waals surface area contributed by atoms with Gasteiger partial charge in [0.15, 0.2) is 11.0 Å². The summed E-state index contributed by atoms with van der Waals surface area (Å²) in [6, 6.07) is 15.4. The second kappa shape index (κ2) is 11.0. The molecule has 3 aromatic rings. The first kappa shape index (κ1) is 22.8. The summed E-state index contributed by atoms with van der Waals surface area (Å²) < 4.78 is 6.50. The van der Waals surface area contributed by atoms with E-state index < -0.39 is 0 Å². The smallest absolute Gasteiger partial charge is 0.305 e. The van der Waals surface area contributed by atoms with Crippen LogP contribution in [-0.2, 0) is 14.3 Å². The molecule has 0 saturated heterocycles. The van der Waals surface area contributed by atoms with Crippen LogP contribution in [0.2, 0.25) is 5.02 Å². The van der Waals surface area contributed by atoms with Gasteiger partial charge in [0.1, 0.15) is 0 Å². The van der Waals surface area contributed by atoms with Gasteiger partial charge in [-0.25, -0.2) is 0 Å². The van der Waals surface area contributed by atoms with Crippen LogP contribution in [0, 0.1) is 6.92 Å². The van der Waals surface area contributed by atoms with Gasteiger partial charge in [-0.3, -0.25) is 14.2 Å². The zero-order valence-corrected chi connectivity index (χ0v) is 18.9. The van der Waals surface area contributed by atoms with Crippen LogP contribution in [0.15, 0.2) is 53.7 Å². The van der Waals surface area contributed by atoms with Crippen LogP contribution in [0.25, 0.3) is 17.1 Å². The molecule has 0 aliphatic heterocycles. The van der Waals surface area contributed by atoms with Gasteiger partial charge in [0.25, 0.3) is 0 Å². The van der Waals surface area contributed by atoms with E-state index in [2.05, 4.69) is 20.3 Å². The Morgan fingerprint density at radius 3 is 2.48 bits per heavy atom. The number of nitrogens with zero attached hydrogens (tertiary/aromatic N) is 3. The van der Waals surface area contributed by atoms with Crippen molar-refractivity contribution in [1.29, 1.82) is 0 Å². The molecule has 0 spiro atoms. The topological polar surface area (TPSA) is 86.1 Å². The van der Waals surface area contributed by atoms with E-state index in [0.717, 1.165) is 16.8 Å². The molecule has 7 nitrogen and oxygen atoms in total. The monoisotopic (exact) mass is 458 g/mol. The largest absolute Gasteiger partial charge is 0.469 e. The maximum absolute atomic E-state index is 12.2. The molecule has 1 amide bonds. The standard InChI is InChI=1S/C22H23ClN4O3S/c1-15-5-7-16(8-6-15)21-25-26-22(27(21)18-11-9-17(23)10-12-18)31-14-19(28)24-13-3-4-20(29)30-2/h5-12H,3-4,13-14H2,1-2H3,(H,24,28). The number of esters is 1. The maximum atomic E-state index is 12.2. The first-order valence-corrected chi connectivity index (χ1v) is 11.1. The number of hydrogen-bond donors (Lipinski definition) is 1. The molecular weight excluding hydrogens is 436 g/mol. The number of rotatable bonds is 9. The van der Waals surface area contributed by atoms with Crippen molar-refractivity contribution >= 4 is 35.2 Å². The van der Waals surface area contributed by atoms with Crippen molar-refractivity contribution in [3.8, 4) is 17.1 Å². The number of amides is 1. The van der Waals surface area contributed by atoms with E-state index in [1.54, 1.807) is 12.1 Å². The fourth-order valence-electron chi connectivity index (χ4n) is 2.82. The molecular formula is C22H23ClN4O3S. The van der Waals surface area contributed by atoms with Gasteiger partial charge in [0, 0.05) is 29.2 Å². The minimum absolute atomic E-state index is 0.141. The summed E-state index contributed by atoms with van der Waals surface area (Å²) >= 11 is 7.35. The Labute approximate surface area is 190 Å². The number of ether oxygens (including phenoxy) is 1. The molecule has 31 heavy (non-hydrogen) atoms. The van der Waals surface area contributed by atoms with Crippen molar-refractivity contribution in [2.24, 2.45) is 0 Å². The zero-order valence-electron chi connectivity index (χ0n) is 17.3. The fraction of sp³-hybridized carbons (Fsp3) is 0.273. The summed E-state index contributed by atoms with van der Waals surface area (Å²) in [4.78, 5) is 23.3. The quantitative estimate of drug-likeness (QED) is 0.295. The van der Waals surface area contributed by atoms with Crippen molar-refractivity contribution in [3.63, 3.8) is 0 Å². The van der Waals surface area contributed by atoms with Gasteiger partial charge < -0.3 is 10.1 Å². The molecule has 3 rings (SSSR count). The molecule has 1 heterocycles. The summed E-state index contributed by atoms with van der Waals surface area (Å²) in [6.45, 7) is 2.44. The summed E-state index contributed by atoms with van der Waals surface area (Å²) in [5.74, 6) is 0.432. The molecule has 0 saturated carbocycles. The van der Waals surface area contributed by atoms with Gasteiger partial charge in [0.05, 0.1) is 12.9 Å². The van der Waals surface area contributed by atoms with Gasteiger partial charge in [-0.15, -0.1) is 10.2 Å². The van der Waals surface area contributed by atoms with Gasteiger partial charge >= 0.3 is 5.97 Å². The van der Waals surface area contributed by atoms with E-state index in [1.165, 1.54) is 18.9 Å². The van der Waals surface area contributed by atoms with E-state index in [-0.39, 0.29) is 24.1 Å². The molecule has 0 bridgehead atoms. The van der Waals surface area contributed by atoms with Gasteiger partial charge in [-0.2, -0.15) is 0 Å². The maximum Gasteiger partial charge on any atom is 0.305 e. The van der Waals surface area contributed by atoms with Crippen molar-refractivity contribution in [2.45, 2.75) is 24.9 Å². The molecule has 2 aromatic carbocycles. The summed E-state index contributed by atoms with van der Waals surface area (Å²) in [6.07, 6.45) is 0.802. The number of benzene rings is 2. The predicted molar refractivity (Wildman–Crippen MR) is 122 cm³/mol. The predicted octanol–water partition coefficient (Wildman–Crippen LogP) is 4.06. The Bertz CT molecular complexity index is 1040. The highest BCUT2D eigenvalue weighted by Gasteiger charge is 2.17. The van der Waals surface area contributed by atoms with Crippen molar-refractivity contribution in [3.05, 3.63) is 59.1 Å². The highest BCUT2D eigenvalue weighted by atomic mass is 35.5. The SMILES string of the molecule is COC(=O)CCCNC(=O)CSc1nnc(-c2ccc(C)cc2)n1-c1ccc(Cl)cc1. The molecule has 0 aliphatic carbocycles. The molecule has 1 aromatic heterocycles. The first-order chi connectivity index (χ1) is 15.0. The van der Waals surface area contributed by atoms with E-state index in [4.69, 9.17) is 11.6 Å². The third kappa shape index (κ3) is 6.32. The summed E-state index contributed by atoms with van der Waals surface area (Å²) in [5, 5.41) is 12.7. The molecule has 0 fully saturated rings. The number of aromatic nitrogens is 3. The van der Waals surface area contributed by atoms with Crippen molar-refractivity contribution in [1.82, 2.24) is 20.1 Å². The second-order valence-corrected chi connectivity index (χ2v) is 8.18. The van der Waals surface area contributed by atoms with Crippen LogP contribution in [0.4, 0.5) is 0 Å². The molecule has 0 radical (unpaired) electrons. The first-order valence-electron chi connectivity index (χ1n) is 9.72. The van der Waals surface area contributed by atoms with Crippen molar-refractivity contribution in [2.75, 3.05) is 19.4 Å². The molecule has 1 N–H and O–H groups in total. The minimum Gasteiger partial charge on any atom is -0.469 e. The third-order valence-corrected chi connectivity index (χ3v) is 5.65. The number of carbonyl (C=O) groups is 2. The van der Waals surface area contributed by atoms with Crippen LogP contribution in [0.5, 0.6) is 0 Å². The molecule has 0 unspecified atom stereocenters. The van der Waals surface area contributed by atoms with E-state index in [1.807, 2.05) is 47.9 Å². The Kier molecular flexibility index (Phi) is 8.08. The number of methoxy groups -OCH3 is 1. The lowest BCUT2D eigenvalue weighted by Gasteiger charge is -2.11. The Balaban J connectivity index is 1.74. The number of halogens is 1. The Hall–Kier alpha value is -2.84. The lowest BCUT2D eigenvalue weighted by Crippen LogP contribution is -2.26. The van der Waals surface area contributed by atoms with Crippen LogP contribution in [0.1, 0.15) is 18.4 Å². The van der Waals surface area contributed by atoms with E-state index in [0.29, 0.717) is 29.0 Å². The average molecular weight is 459 g/mol. The number of nitrogens with one attached hydrogen (secondary N) is 1. The molecule has 162 valence electrons. The lowest BCUT2D eigenvalue weighted by molar-refractivity contribution is -0.140.